The molecule has 1 N–H and O–H groups in total. The maximum absolute atomic E-state index is 5.69. The number of hydrogen-bond donors (Lipinski definition) is 1. The number of methoxy groups -OCH3 is 1. The summed E-state index contributed by atoms with van der Waals surface area (Å²) >= 11 is 0. The summed E-state index contributed by atoms with van der Waals surface area (Å²) in [6.07, 6.45) is 1.03. The van der Waals surface area contributed by atoms with Crippen molar-refractivity contribution in [3.63, 3.8) is 0 Å². The zero-order valence-corrected chi connectivity index (χ0v) is 12.2. The van der Waals surface area contributed by atoms with Crippen molar-refractivity contribution >= 4 is 0 Å². The van der Waals surface area contributed by atoms with Gasteiger partial charge in [0.25, 0.3) is 0 Å². The molecule has 0 unspecified atom stereocenters. The van der Waals surface area contributed by atoms with Crippen molar-refractivity contribution in [3.8, 4) is 11.5 Å². The molecular formula is C15H25NO3. The molecular weight excluding hydrogens is 242 g/mol. The number of hydrogen-bond acceptors (Lipinski definition) is 4. The molecule has 0 amide bonds. The van der Waals surface area contributed by atoms with Crippen molar-refractivity contribution < 1.29 is 14.2 Å². The molecule has 0 saturated carbocycles. The first-order valence-corrected chi connectivity index (χ1v) is 6.83. The summed E-state index contributed by atoms with van der Waals surface area (Å²) < 4.78 is 16.2. The lowest BCUT2D eigenvalue weighted by Gasteiger charge is -2.11. The largest absolute Gasteiger partial charge is 0.493 e. The minimum absolute atomic E-state index is 0.633. The normalized spacial score (nSPS) is 10.5. The molecule has 0 aliphatic heterocycles. The number of ether oxygens (including phenoxy) is 3. The Labute approximate surface area is 116 Å². The SMILES string of the molecule is CCOCCCNCCOc1ccc(C)cc1OC. The van der Waals surface area contributed by atoms with Crippen molar-refractivity contribution in [3.05, 3.63) is 23.8 Å². The van der Waals surface area contributed by atoms with Crippen LogP contribution < -0.4 is 14.8 Å². The van der Waals surface area contributed by atoms with E-state index in [2.05, 4.69) is 5.32 Å². The third-order valence-corrected chi connectivity index (χ3v) is 2.70. The summed E-state index contributed by atoms with van der Waals surface area (Å²) in [4.78, 5) is 0. The molecule has 4 nitrogen and oxygen atoms in total. The van der Waals surface area contributed by atoms with Gasteiger partial charge in [-0.25, -0.2) is 0 Å². The fourth-order valence-corrected chi connectivity index (χ4v) is 1.70. The quantitative estimate of drug-likeness (QED) is 0.661. The van der Waals surface area contributed by atoms with Gasteiger partial charge in [-0.05, 0) is 44.5 Å². The lowest BCUT2D eigenvalue weighted by Crippen LogP contribution is -2.23. The third kappa shape index (κ3) is 6.45. The highest BCUT2D eigenvalue weighted by molar-refractivity contribution is 5.42. The minimum atomic E-state index is 0.633. The maximum atomic E-state index is 5.69. The highest BCUT2D eigenvalue weighted by Crippen LogP contribution is 2.27. The average Bonchev–Trinajstić information content (AvgIpc) is 2.43. The van der Waals surface area contributed by atoms with E-state index in [-0.39, 0.29) is 0 Å². The summed E-state index contributed by atoms with van der Waals surface area (Å²) in [6.45, 7) is 8.06. The Balaban J connectivity index is 2.15. The van der Waals surface area contributed by atoms with Gasteiger partial charge in [-0.1, -0.05) is 6.07 Å². The summed E-state index contributed by atoms with van der Waals surface area (Å²) in [6, 6.07) is 5.95. The molecule has 0 fully saturated rings. The summed E-state index contributed by atoms with van der Waals surface area (Å²) in [5, 5.41) is 3.32. The van der Waals surface area contributed by atoms with Crippen LogP contribution in [0.3, 0.4) is 0 Å². The van der Waals surface area contributed by atoms with Gasteiger partial charge in [0, 0.05) is 19.8 Å². The van der Waals surface area contributed by atoms with E-state index in [0.29, 0.717) is 6.61 Å². The molecule has 0 aliphatic rings. The second-order valence-electron chi connectivity index (χ2n) is 4.30. The molecule has 1 aromatic rings. The minimum Gasteiger partial charge on any atom is -0.493 e. The molecule has 4 heteroatoms. The van der Waals surface area contributed by atoms with Gasteiger partial charge in [-0.15, -0.1) is 0 Å². The Morgan fingerprint density at radius 1 is 1.11 bits per heavy atom. The first kappa shape index (κ1) is 15.8. The highest BCUT2D eigenvalue weighted by Gasteiger charge is 2.03. The topological polar surface area (TPSA) is 39.7 Å². The molecule has 19 heavy (non-hydrogen) atoms. The zero-order chi connectivity index (χ0) is 13.9. The molecule has 108 valence electrons. The van der Waals surface area contributed by atoms with Crippen LogP contribution in [0.4, 0.5) is 0 Å². The maximum Gasteiger partial charge on any atom is 0.161 e. The first-order chi connectivity index (χ1) is 9.27. The Hall–Kier alpha value is -1.26. The van der Waals surface area contributed by atoms with E-state index in [0.717, 1.165) is 44.2 Å². The number of rotatable bonds is 10. The molecule has 0 spiro atoms. The van der Waals surface area contributed by atoms with Crippen molar-refractivity contribution in [1.29, 1.82) is 0 Å². The van der Waals surface area contributed by atoms with Crippen LogP contribution in [-0.2, 0) is 4.74 Å². The smallest absolute Gasteiger partial charge is 0.161 e. The van der Waals surface area contributed by atoms with Gasteiger partial charge in [0.05, 0.1) is 7.11 Å². The molecule has 0 heterocycles. The van der Waals surface area contributed by atoms with Crippen LogP contribution >= 0.6 is 0 Å². The van der Waals surface area contributed by atoms with Gasteiger partial charge in [0.1, 0.15) is 6.61 Å². The molecule has 0 aliphatic carbocycles. The first-order valence-electron chi connectivity index (χ1n) is 6.83. The van der Waals surface area contributed by atoms with Crippen molar-refractivity contribution in [1.82, 2.24) is 5.32 Å². The van der Waals surface area contributed by atoms with Crippen LogP contribution in [0, 0.1) is 6.92 Å². The van der Waals surface area contributed by atoms with E-state index >= 15 is 0 Å². The van der Waals surface area contributed by atoms with Crippen molar-refractivity contribution in [2.75, 3.05) is 40.0 Å². The summed E-state index contributed by atoms with van der Waals surface area (Å²) in [5.74, 6) is 1.58. The molecule has 0 radical (unpaired) electrons. The van der Waals surface area contributed by atoms with Crippen LogP contribution in [0.5, 0.6) is 11.5 Å². The highest BCUT2D eigenvalue weighted by atomic mass is 16.5. The van der Waals surface area contributed by atoms with Gasteiger partial charge in [-0.3, -0.25) is 0 Å². The Kier molecular flexibility index (Phi) is 8.02. The fraction of sp³-hybridized carbons (Fsp3) is 0.600. The van der Waals surface area contributed by atoms with Crippen LogP contribution in [0.15, 0.2) is 18.2 Å². The predicted octanol–water partition coefficient (Wildman–Crippen LogP) is 2.40. The van der Waals surface area contributed by atoms with Crippen LogP contribution in [0.25, 0.3) is 0 Å². The van der Waals surface area contributed by atoms with Crippen molar-refractivity contribution in [2.45, 2.75) is 20.3 Å². The fourth-order valence-electron chi connectivity index (χ4n) is 1.70. The Morgan fingerprint density at radius 3 is 2.68 bits per heavy atom. The molecule has 1 rings (SSSR count). The van der Waals surface area contributed by atoms with Gasteiger partial charge >= 0.3 is 0 Å². The third-order valence-electron chi connectivity index (χ3n) is 2.70. The molecule has 0 bridgehead atoms. The zero-order valence-electron chi connectivity index (χ0n) is 12.2. The monoisotopic (exact) mass is 267 g/mol. The van der Waals surface area contributed by atoms with Gasteiger partial charge in [-0.2, -0.15) is 0 Å². The lowest BCUT2D eigenvalue weighted by molar-refractivity contribution is 0.144. The molecule has 0 saturated heterocycles. The standard InChI is InChI=1S/C15H25NO3/c1-4-18-10-5-8-16-9-11-19-14-7-6-13(2)12-15(14)17-3/h6-7,12,16H,4-5,8-11H2,1-3H3. The Morgan fingerprint density at radius 2 is 1.95 bits per heavy atom. The Bertz CT molecular complexity index is 355. The number of benzene rings is 1. The summed E-state index contributed by atoms with van der Waals surface area (Å²) in [5.41, 5.74) is 1.17. The van der Waals surface area contributed by atoms with E-state index in [1.165, 1.54) is 5.56 Å². The number of aryl methyl sites for hydroxylation is 1. The van der Waals surface area contributed by atoms with Gasteiger partial charge in [0.2, 0.25) is 0 Å². The van der Waals surface area contributed by atoms with Crippen LogP contribution in [0.1, 0.15) is 18.9 Å². The summed E-state index contributed by atoms with van der Waals surface area (Å²) in [7, 11) is 1.66. The van der Waals surface area contributed by atoms with E-state index in [4.69, 9.17) is 14.2 Å². The van der Waals surface area contributed by atoms with Crippen LogP contribution in [0.2, 0.25) is 0 Å². The average molecular weight is 267 g/mol. The van der Waals surface area contributed by atoms with Crippen molar-refractivity contribution in [2.24, 2.45) is 0 Å². The van der Waals surface area contributed by atoms with E-state index in [1.54, 1.807) is 7.11 Å². The van der Waals surface area contributed by atoms with E-state index in [9.17, 15) is 0 Å². The van der Waals surface area contributed by atoms with E-state index in [1.807, 2.05) is 32.0 Å². The second-order valence-corrected chi connectivity index (χ2v) is 4.30. The molecule has 0 atom stereocenters. The predicted molar refractivity (Wildman–Crippen MR) is 77.2 cm³/mol. The van der Waals surface area contributed by atoms with Gasteiger partial charge < -0.3 is 19.5 Å². The number of nitrogens with one attached hydrogen (secondary N) is 1. The molecule has 0 aromatic heterocycles. The van der Waals surface area contributed by atoms with Crippen LogP contribution in [-0.4, -0.2) is 40.0 Å². The van der Waals surface area contributed by atoms with Gasteiger partial charge in [0.15, 0.2) is 11.5 Å². The molecule has 1 aromatic carbocycles. The van der Waals surface area contributed by atoms with E-state index < -0.39 is 0 Å². The lowest BCUT2D eigenvalue weighted by atomic mass is 10.2. The second kappa shape index (κ2) is 9.64.